The molecule has 122 valence electrons. The van der Waals surface area contributed by atoms with Gasteiger partial charge in [-0.25, -0.2) is 4.79 Å². The van der Waals surface area contributed by atoms with Crippen molar-refractivity contribution in [2.75, 3.05) is 12.0 Å². The Labute approximate surface area is 133 Å². The molecule has 0 saturated carbocycles. The number of rotatable bonds is 5. The lowest BCUT2D eigenvalue weighted by Crippen LogP contribution is -2.56. The molecule has 0 unspecified atom stereocenters. The lowest BCUT2D eigenvalue weighted by molar-refractivity contribution is -0.139. The van der Waals surface area contributed by atoms with Gasteiger partial charge >= 0.3 is 5.97 Å². The summed E-state index contributed by atoms with van der Waals surface area (Å²) in [6.07, 6.45) is 2.40. The monoisotopic (exact) mass is 305 g/mol. The Kier molecular flexibility index (Phi) is 4.69. The lowest BCUT2D eigenvalue weighted by Gasteiger charge is -2.50. The zero-order valence-electron chi connectivity index (χ0n) is 14.2. The summed E-state index contributed by atoms with van der Waals surface area (Å²) in [6.45, 7) is 8.49. The number of benzene rings is 1. The summed E-state index contributed by atoms with van der Waals surface area (Å²) in [5, 5.41) is 9.76. The largest absolute Gasteiger partial charge is 0.495 e. The van der Waals surface area contributed by atoms with E-state index in [1.165, 1.54) is 5.56 Å². The average molecular weight is 305 g/mol. The van der Waals surface area contributed by atoms with Crippen molar-refractivity contribution >= 4 is 11.7 Å². The summed E-state index contributed by atoms with van der Waals surface area (Å²) in [5.74, 6) is 0.383. The van der Waals surface area contributed by atoms with Crippen molar-refractivity contribution in [2.24, 2.45) is 0 Å². The maximum Gasteiger partial charge on any atom is 0.326 e. The predicted octanol–water partition coefficient (Wildman–Crippen LogP) is 4.04. The topological polar surface area (TPSA) is 49.8 Å². The number of hydrogen-bond acceptors (Lipinski definition) is 3. The van der Waals surface area contributed by atoms with E-state index in [-0.39, 0.29) is 5.54 Å². The molecule has 0 radical (unpaired) electrons. The SMILES string of the molecule is CCC[C@@H](C(=O)O)N1c2c(OC)cccc2[C@@H](C)CC1(C)C. The van der Waals surface area contributed by atoms with Crippen LogP contribution in [0.25, 0.3) is 0 Å². The molecule has 0 fully saturated rings. The average Bonchev–Trinajstić information content (AvgIpc) is 2.44. The van der Waals surface area contributed by atoms with Crippen LogP contribution < -0.4 is 9.64 Å². The van der Waals surface area contributed by atoms with Crippen LogP contribution in [0.3, 0.4) is 0 Å². The maximum absolute atomic E-state index is 11.9. The first kappa shape index (κ1) is 16.7. The van der Waals surface area contributed by atoms with Gasteiger partial charge in [-0.2, -0.15) is 0 Å². The molecule has 0 bridgehead atoms. The van der Waals surface area contributed by atoms with E-state index in [1.807, 2.05) is 19.1 Å². The number of fused-ring (bicyclic) bond motifs is 1. The number of aliphatic carboxylic acids is 1. The molecular formula is C18H27NO3. The number of ether oxygens (including phenoxy) is 1. The van der Waals surface area contributed by atoms with Crippen molar-refractivity contribution in [2.45, 2.75) is 64.5 Å². The fourth-order valence-corrected chi connectivity index (χ4v) is 3.83. The Balaban J connectivity index is 2.65. The highest BCUT2D eigenvalue weighted by atomic mass is 16.5. The standard InChI is InChI=1S/C18H27NO3/c1-6-8-14(17(20)21)19-16-13(9-7-10-15(16)22-5)12(2)11-18(19,3)4/h7,9-10,12,14H,6,8,11H2,1-5H3,(H,20,21)/t12-,14-/m0/s1. The molecular weight excluding hydrogens is 278 g/mol. The molecule has 0 aromatic heterocycles. The maximum atomic E-state index is 11.9. The highest BCUT2D eigenvalue weighted by Gasteiger charge is 2.43. The number of carboxylic acid groups (broad SMARTS) is 1. The summed E-state index contributed by atoms with van der Waals surface area (Å²) < 4.78 is 5.56. The van der Waals surface area contributed by atoms with Crippen molar-refractivity contribution in [1.29, 1.82) is 0 Å². The number of methoxy groups -OCH3 is 1. The quantitative estimate of drug-likeness (QED) is 0.892. The molecule has 1 aromatic carbocycles. The molecule has 1 aliphatic heterocycles. The third-order valence-corrected chi connectivity index (χ3v) is 4.64. The summed E-state index contributed by atoms with van der Waals surface area (Å²) in [4.78, 5) is 14.0. The second-order valence-electron chi connectivity index (χ2n) is 6.83. The molecule has 1 N–H and O–H groups in total. The van der Waals surface area contributed by atoms with Gasteiger partial charge < -0.3 is 14.7 Å². The van der Waals surface area contributed by atoms with E-state index in [4.69, 9.17) is 4.74 Å². The van der Waals surface area contributed by atoms with E-state index in [1.54, 1.807) is 7.11 Å². The van der Waals surface area contributed by atoms with Crippen LogP contribution in [-0.2, 0) is 4.79 Å². The minimum atomic E-state index is -0.763. The van der Waals surface area contributed by atoms with Gasteiger partial charge in [0.1, 0.15) is 11.8 Å². The van der Waals surface area contributed by atoms with E-state index in [0.717, 1.165) is 24.3 Å². The third-order valence-electron chi connectivity index (χ3n) is 4.64. The molecule has 22 heavy (non-hydrogen) atoms. The molecule has 0 saturated heterocycles. The van der Waals surface area contributed by atoms with Gasteiger partial charge in [-0.1, -0.05) is 32.4 Å². The first-order chi connectivity index (χ1) is 10.3. The van der Waals surface area contributed by atoms with Crippen LogP contribution in [0.15, 0.2) is 18.2 Å². The van der Waals surface area contributed by atoms with Crippen molar-refractivity contribution in [3.8, 4) is 5.75 Å². The summed E-state index contributed by atoms with van der Waals surface area (Å²) in [5.41, 5.74) is 1.91. The van der Waals surface area contributed by atoms with Gasteiger partial charge in [-0.15, -0.1) is 0 Å². The Morgan fingerprint density at radius 2 is 2.18 bits per heavy atom. The van der Waals surface area contributed by atoms with E-state index in [2.05, 4.69) is 31.7 Å². The van der Waals surface area contributed by atoms with Crippen LogP contribution >= 0.6 is 0 Å². The number of carbonyl (C=O) groups is 1. The van der Waals surface area contributed by atoms with Crippen LogP contribution in [0.4, 0.5) is 5.69 Å². The Hall–Kier alpha value is -1.71. The first-order valence-corrected chi connectivity index (χ1v) is 8.02. The molecule has 0 aliphatic carbocycles. The van der Waals surface area contributed by atoms with Gasteiger partial charge in [0, 0.05) is 5.54 Å². The third kappa shape index (κ3) is 2.79. The molecule has 4 nitrogen and oxygen atoms in total. The van der Waals surface area contributed by atoms with Gasteiger partial charge in [0.25, 0.3) is 0 Å². The molecule has 4 heteroatoms. The molecule has 0 spiro atoms. The minimum Gasteiger partial charge on any atom is -0.495 e. The predicted molar refractivity (Wildman–Crippen MR) is 88.9 cm³/mol. The number of nitrogens with zero attached hydrogens (tertiary/aromatic N) is 1. The van der Waals surface area contributed by atoms with Crippen LogP contribution in [0.5, 0.6) is 5.75 Å². The number of hydrogen-bond donors (Lipinski definition) is 1. The smallest absolute Gasteiger partial charge is 0.326 e. The highest BCUT2D eigenvalue weighted by Crippen LogP contribution is 2.49. The molecule has 1 aromatic rings. The first-order valence-electron chi connectivity index (χ1n) is 8.02. The number of carboxylic acids is 1. The van der Waals surface area contributed by atoms with Gasteiger partial charge in [-0.05, 0) is 44.2 Å². The number of anilines is 1. The summed E-state index contributed by atoms with van der Waals surface area (Å²) in [6, 6.07) is 5.48. The Morgan fingerprint density at radius 1 is 1.50 bits per heavy atom. The second-order valence-corrected chi connectivity index (χ2v) is 6.83. The summed E-state index contributed by atoms with van der Waals surface area (Å²) >= 11 is 0. The number of para-hydroxylation sites is 1. The second kappa shape index (κ2) is 6.19. The Morgan fingerprint density at radius 3 is 2.73 bits per heavy atom. The van der Waals surface area contributed by atoms with Gasteiger partial charge in [-0.3, -0.25) is 0 Å². The van der Waals surface area contributed by atoms with Gasteiger partial charge in [0.05, 0.1) is 12.8 Å². The van der Waals surface area contributed by atoms with E-state index >= 15 is 0 Å². The van der Waals surface area contributed by atoms with Crippen LogP contribution in [0, 0.1) is 0 Å². The van der Waals surface area contributed by atoms with E-state index < -0.39 is 12.0 Å². The van der Waals surface area contributed by atoms with Crippen molar-refractivity contribution < 1.29 is 14.6 Å². The summed E-state index contributed by atoms with van der Waals surface area (Å²) in [7, 11) is 1.65. The van der Waals surface area contributed by atoms with Crippen molar-refractivity contribution in [3.63, 3.8) is 0 Å². The normalized spacial score (nSPS) is 21.1. The van der Waals surface area contributed by atoms with E-state index in [9.17, 15) is 9.90 Å². The van der Waals surface area contributed by atoms with E-state index in [0.29, 0.717) is 12.3 Å². The molecule has 2 atom stereocenters. The van der Waals surface area contributed by atoms with Crippen LogP contribution in [0.2, 0.25) is 0 Å². The minimum absolute atomic E-state index is 0.223. The zero-order chi connectivity index (χ0) is 16.5. The fourth-order valence-electron chi connectivity index (χ4n) is 3.83. The molecule has 1 heterocycles. The molecule has 2 rings (SSSR count). The fraction of sp³-hybridized carbons (Fsp3) is 0.611. The van der Waals surface area contributed by atoms with Crippen molar-refractivity contribution in [3.05, 3.63) is 23.8 Å². The Bertz CT molecular complexity index is 553. The van der Waals surface area contributed by atoms with Crippen LogP contribution in [-0.4, -0.2) is 29.8 Å². The van der Waals surface area contributed by atoms with Gasteiger partial charge in [0.15, 0.2) is 0 Å². The lowest BCUT2D eigenvalue weighted by atomic mass is 9.78. The van der Waals surface area contributed by atoms with Gasteiger partial charge in [0.2, 0.25) is 0 Å². The van der Waals surface area contributed by atoms with Crippen LogP contribution in [0.1, 0.15) is 58.4 Å². The van der Waals surface area contributed by atoms with Crippen molar-refractivity contribution in [1.82, 2.24) is 0 Å². The molecule has 0 amide bonds. The molecule has 1 aliphatic rings. The highest BCUT2D eigenvalue weighted by molar-refractivity contribution is 5.82. The zero-order valence-corrected chi connectivity index (χ0v) is 14.2.